The van der Waals surface area contributed by atoms with E-state index in [0.717, 1.165) is 0 Å². The molecule has 13 heavy (non-hydrogen) atoms. The third-order valence-corrected chi connectivity index (χ3v) is 3.46. The van der Waals surface area contributed by atoms with Gasteiger partial charge in [0.25, 0.3) is 0 Å². The number of aliphatic hydroxyl groups is 1. The number of benzene rings is 1. The van der Waals surface area contributed by atoms with Crippen molar-refractivity contribution in [2.24, 2.45) is 0 Å². The molecule has 0 aliphatic heterocycles. The van der Waals surface area contributed by atoms with Crippen molar-refractivity contribution in [3.05, 3.63) is 24.3 Å². The fourth-order valence-corrected chi connectivity index (χ4v) is 1.75. The SMILES string of the molecule is CC(O)S(=O)(=O)c1ccc([NH])cc1. The summed E-state index contributed by atoms with van der Waals surface area (Å²) < 4.78 is 22.7. The monoisotopic (exact) mass is 200 g/mol. The van der Waals surface area contributed by atoms with E-state index in [1.54, 1.807) is 0 Å². The highest BCUT2D eigenvalue weighted by Crippen LogP contribution is 2.16. The van der Waals surface area contributed by atoms with Crippen LogP contribution < -0.4 is 5.73 Å². The van der Waals surface area contributed by atoms with Gasteiger partial charge in [0, 0.05) is 0 Å². The summed E-state index contributed by atoms with van der Waals surface area (Å²) in [6, 6.07) is 5.36. The molecule has 1 unspecified atom stereocenters. The molecule has 0 aliphatic rings. The first-order chi connectivity index (χ1) is 5.94. The zero-order valence-corrected chi connectivity index (χ0v) is 7.88. The van der Waals surface area contributed by atoms with Crippen molar-refractivity contribution >= 4 is 15.5 Å². The first-order valence-electron chi connectivity index (χ1n) is 3.68. The van der Waals surface area contributed by atoms with E-state index in [-0.39, 0.29) is 10.6 Å². The first-order valence-corrected chi connectivity index (χ1v) is 5.23. The number of aliphatic hydroxyl groups excluding tert-OH is 1. The summed E-state index contributed by atoms with van der Waals surface area (Å²) in [6.45, 7) is 1.20. The third kappa shape index (κ3) is 1.99. The Balaban J connectivity index is 3.17. The Morgan fingerprint density at radius 3 is 2.15 bits per heavy atom. The molecular weight excluding hydrogens is 190 g/mol. The summed E-state index contributed by atoms with van der Waals surface area (Å²) in [6.07, 6.45) is 0. The van der Waals surface area contributed by atoms with Crippen molar-refractivity contribution in [2.75, 3.05) is 0 Å². The lowest BCUT2D eigenvalue weighted by atomic mass is 10.3. The van der Waals surface area contributed by atoms with Gasteiger partial charge in [-0.3, -0.25) is 0 Å². The largest absolute Gasteiger partial charge is 0.377 e. The van der Waals surface area contributed by atoms with Crippen LogP contribution in [0.4, 0.5) is 5.69 Å². The van der Waals surface area contributed by atoms with Crippen molar-refractivity contribution < 1.29 is 13.5 Å². The average molecular weight is 200 g/mol. The minimum atomic E-state index is -3.62. The van der Waals surface area contributed by atoms with Crippen molar-refractivity contribution in [2.45, 2.75) is 17.3 Å². The lowest BCUT2D eigenvalue weighted by Gasteiger charge is -2.06. The Bertz CT molecular complexity index is 380. The van der Waals surface area contributed by atoms with E-state index in [4.69, 9.17) is 10.8 Å². The Morgan fingerprint density at radius 2 is 1.77 bits per heavy atom. The third-order valence-electron chi connectivity index (χ3n) is 1.63. The van der Waals surface area contributed by atoms with Crippen LogP contribution in [0.15, 0.2) is 29.2 Å². The van der Waals surface area contributed by atoms with Crippen LogP contribution in [-0.4, -0.2) is 19.0 Å². The second-order valence-electron chi connectivity index (χ2n) is 2.67. The van der Waals surface area contributed by atoms with Crippen molar-refractivity contribution in [3.8, 4) is 0 Å². The number of hydrogen-bond acceptors (Lipinski definition) is 3. The van der Waals surface area contributed by atoms with Gasteiger partial charge in [0.1, 0.15) is 0 Å². The van der Waals surface area contributed by atoms with Crippen LogP contribution in [0, 0.1) is 0 Å². The molecule has 0 aromatic heterocycles. The van der Waals surface area contributed by atoms with E-state index in [9.17, 15) is 8.42 Å². The van der Waals surface area contributed by atoms with Crippen molar-refractivity contribution in [3.63, 3.8) is 0 Å². The molecular formula is C8H10NO3S. The fourth-order valence-electron chi connectivity index (χ4n) is 0.842. The molecule has 2 N–H and O–H groups in total. The summed E-state index contributed by atoms with van der Waals surface area (Å²) >= 11 is 0. The number of hydrogen-bond donors (Lipinski definition) is 1. The zero-order valence-electron chi connectivity index (χ0n) is 7.06. The highest BCUT2D eigenvalue weighted by molar-refractivity contribution is 7.91. The maximum absolute atomic E-state index is 11.3. The summed E-state index contributed by atoms with van der Waals surface area (Å²) in [5, 5.41) is 8.97. The fraction of sp³-hybridized carbons (Fsp3) is 0.250. The standard InChI is InChI=1S/C8H10NO3S/c1-6(10)13(11,12)8-4-2-7(9)3-5-8/h2-6,9-10H,1H3. The number of rotatable bonds is 2. The summed E-state index contributed by atoms with van der Waals surface area (Å²) in [7, 11) is -3.62. The van der Waals surface area contributed by atoms with Crippen LogP contribution in [0.1, 0.15) is 6.92 Å². The molecule has 0 saturated heterocycles. The highest BCUT2D eigenvalue weighted by Gasteiger charge is 2.20. The first kappa shape index (κ1) is 10.0. The van der Waals surface area contributed by atoms with Crippen LogP contribution in [0.2, 0.25) is 0 Å². The lowest BCUT2D eigenvalue weighted by Crippen LogP contribution is -2.16. The zero-order chi connectivity index (χ0) is 10.1. The van der Waals surface area contributed by atoms with Crippen molar-refractivity contribution in [1.82, 2.24) is 5.73 Å². The van der Waals surface area contributed by atoms with E-state index in [1.807, 2.05) is 0 Å². The van der Waals surface area contributed by atoms with Crippen LogP contribution in [0.5, 0.6) is 0 Å². The summed E-state index contributed by atoms with van der Waals surface area (Å²) in [5.74, 6) is 0. The lowest BCUT2D eigenvalue weighted by molar-refractivity contribution is 0.268. The highest BCUT2D eigenvalue weighted by atomic mass is 32.2. The second-order valence-corrected chi connectivity index (χ2v) is 4.91. The van der Waals surface area contributed by atoms with Crippen LogP contribution in [0.25, 0.3) is 0 Å². The van der Waals surface area contributed by atoms with Gasteiger partial charge in [-0.1, -0.05) is 0 Å². The van der Waals surface area contributed by atoms with E-state index in [0.29, 0.717) is 0 Å². The maximum atomic E-state index is 11.3. The molecule has 1 aromatic rings. The minimum Gasteiger partial charge on any atom is -0.377 e. The molecule has 71 valence electrons. The molecule has 4 nitrogen and oxygen atoms in total. The van der Waals surface area contributed by atoms with E-state index < -0.39 is 15.3 Å². The van der Waals surface area contributed by atoms with Gasteiger partial charge in [-0.2, -0.15) is 0 Å². The van der Waals surface area contributed by atoms with E-state index >= 15 is 0 Å². The van der Waals surface area contributed by atoms with Gasteiger partial charge in [0.05, 0.1) is 10.6 Å². The van der Waals surface area contributed by atoms with Crippen LogP contribution >= 0.6 is 0 Å². The smallest absolute Gasteiger partial charge is 0.204 e. The van der Waals surface area contributed by atoms with Gasteiger partial charge in [-0.05, 0) is 31.2 Å². The van der Waals surface area contributed by atoms with Gasteiger partial charge in [0.15, 0.2) is 5.44 Å². The molecule has 1 atom stereocenters. The maximum Gasteiger partial charge on any atom is 0.204 e. The molecule has 0 saturated carbocycles. The molecule has 0 amide bonds. The molecule has 1 aromatic carbocycles. The predicted molar refractivity (Wildman–Crippen MR) is 48.1 cm³/mol. The Hall–Kier alpha value is -1.07. The Kier molecular flexibility index (Phi) is 2.58. The molecule has 1 radical (unpaired) electrons. The number of nitrogens with one attached hydrogen (secondary N) is 1. The molecule has 0 fully saturated rings. The van der Waals surface area contributed by atoms with Crippen LogP contribution in [-0.2, 0) is 9.84 Å². The second kappa shape index (κ2) is 3.35. The minimum absolute atomic E-state index is 0.0403. The molecule has 5 heteroatoms. The Morgan fingerprint density at radius 1 is 1.31 bits per heavy atom. The summed E-state index contributed by atoms with van der Waals surface area (Å²) in [5.41, 5.74) is 5.97. The quantitative estimate of drug-likeness (QED) is 0.763. The molecule has 0 bridgehead atoms. The average Bonchev–Trinajstić information content (AvgIpc) is 2.04. The van der Waals surface area contributed by atoms with Crippen LogP contribution in [0.3, 0.4) is 0 Å². The molecule has 0 spiro atoms. The Labute approximate surface area is 76.9 Å². The molecule has 0 aliphatic carbocycles. The van der Waals surface area contributed by atoms with Gasteiger partial charge >= 0.3 is 0 Å². The molecule has 0 heterocycles. The van der Waals surface area contributed by atoms with E-state index in [2.05, 4.69) is 0 Å². The van der Waals surface area contributed by atoms with E-state index in [1.165, 1.54) is 31.2 Å². The predicted octanol–water partition coefficient (Wildman–Crippen LogP) is 0.713. The number of sulfone groups is 1. The van der Waals surface area contributed by atoms with Gasteiger partial charge in [0.2, 0.25) is 9.84 Å². The van der Waals surface area contributed by atoms with Crippen molar-refractivity contribution in [1.29, 1.82) is 0 Å². The van der Waals surface area contributed by atoms with Gasteiger partial charge < -0.3 is 10.8 Å². The normalized spacial score (nSPS) is 14.0. The topological polar surface area (TPSA) is 78.2 Å². The molecule has 1 rings (SSSR count). The summed E-state index contributed by atoms with van der Waals surface area (Å²) in [4.78, 5) is 0.0403. The van der Waals surface area contributed by atoms with Gasteiger partial charge in [-0.25, -0.2) is 8.42 Å². The van der Waals surface area contributed by atoms with Gasteiger partial charge in [-0.15, -0.1) is 0 Å².